The summed E-state index contributed by atoms with van der Waals surface area (Å²) in [6.07, 6.45) is 1.74. The van der Waals surface area contributed by atoms with Gasteiger partial charge in [0.15, 0.2) is 5.11 Å². The highest BCUT2D eigenvalue weighted by Crippen LogP contribution is 2.44. The number of halogens is 1. The predicted octanol–water partition coefficient (Wildman–Crippen LogP) is 6.65. The van der Waals surface area contributed by atoms with Crippen molar-refractivity contribution in [2.24, 2.45) is 5.41 Å². The van der Waals surface area contributed by atoms with E-state index in [0.717, 1.165) is 16.9 Å². The van der Waals surface area contributed by atoms with E-state index in [-0.39, 0.29) is 23.8 Å². The van der Waals surface area contributed by atoms with Gasteiger partial charge in [0.1, 0.15) is 29.1 Å². The predicted molar refractivity (Wildman–Crippen MR) is 153 cm³/mol. The fourth-order valence-electron chi connectivity index (χ4n) is 4.45. The standard InChI is InChI=1S/C30H29FN4O3S/c1-30(2,3)28(36)33-21-13-12-20(17-25(21)37-4)35-27(26(34-29(35)39)22-7-5-6-16-32-22)24-15-14-23(38-24)18-8-10-19(31)11-9-18/h5-17,26-27H,1-4H3,(H,33,36)(H,34,39)/t26-,27-/m0/s1. The maximum Gasteiger partial charge on any atom is 0.229 e. The van der Waals surface area contributed by atoms with E-state index < -0.39 is 5.41 Å². The van der Waals surface area contributed by atoms with Crippen LogP contribution >= 0.6 is 12.2 Å². The Kier molecular flexibility index (Phi) is 7.10. The Bertz CT molecular complexity index is 1500. The van der Waals surface area contributed by atoms with Gasteiger partial charge in [0.05, 0.1) is 24.5 Å². The summed E-state index contributed by atoms with van der Waals surface area (Å²) in [4.78, 5) is 19.2. The highest BCUT2D eigenvalue weighted by Gasteiger charge is 2.43. The Morgan fingerprint density at radius 1 is 1.10 bits per heavy atom. The van der Waals surface area contributed by atoms with Gasteiger partial charge in [-0.2, -0.15) is 0 Å². The summed E-state index contributed by atoms with van der Waals surface area (Å²) in [7, 11) is 1.56. The molecule has 0 aliphatic carbocycles. The number of nitrogens with one attached hydrogen (secondary N) is 2. The Hall–Kier alpha value is -4.24. The first-order valence-corrected chi connectivity index (χ1v) is 12.9. The maximum absolute atomic E-state index is 13.5. The third kappa shape index (κ3) is 5.35. The summed E-state index contributed by atoms with van der Waals surface area (Å²) in [6, 6.07) is 20.5. The minimum atomic E-state index is -0.563. The molecule has 1 fully saturated rings. The van der Waals surface area contributed by atoms with Crippen LogP contribution in [0.25, 0.3) is 11.3 Å². The fraction of sp³-hybridized carbons (Fsp3) is 0.233. The quantitative estimate of drug-likeness (QED) is 0.263. The molecule has 4 aromatic rings. The van der Waals surface area contributed by atoms with Gasteiger partial charge in [-0.25, -0.2) is 4.39 Å². The van der Waals surface area contributed by atoms with E-state index >= 15 is 0 Å². The highest BCUT2D eigenvalue weighted by atomic mass is 32.1. The van der Waals surface area contributed by atoms with Crippen LogP contribution in [0.4, 0.5) is 15.8 Å². The number of carbonyl (C=O) groups is 1. The van der Waals surface area contributed by atoms with Gasteiger partial charge in [0, 0.05) is 28.9 Å². The molecule has 2 atom stereocenters. The second-order valence-corrected chi connectivity index (χ2v) is 10.7. The lowest BCUT2D eigenvalue weighted by molar-refractivity contribution is -0.123. The molecule has 2 aromatic heterocycles. The largest absolute Gasteiger partial charge is 0.494 e. The summed E-state index contributed by atoms with van der Waals surface area (Å²) < 4.78 is 25.5. The molecular formula is C30H29FN4O3S. The van der Waals surface area contributed by atoms with Crippen molar-refractivity contribution in [3.8, 4) is 17.1 Å². The minimum Gasteiger partial charge on any atom is -0.494 e. The number of benzene rings is 2. The lowest BCUT2D eigenvalue weighted by atomic mass is 9.95. The molecule has 5 rings (SSSR count). The molecule has 3 heterocycles. The van der Waals surface area contributed by atoms with Crippen molar-refractivity contribution in [1.29, 1.82) is 0 Å². The van der Waals surface area contributed by atoms with E-state index in [1.165, 1.54) is 12.1 Å². The minimum absolute atomic E-state index is 0.121. The van der Waals surface area contributed by atoms with Crippen molar-refractivity contribution in [2.45, 2.75) is 32.9 Å². The molecule has 2 N–H and O–H groups in total. The van der Waals surface area contributed by atoms with E-state index in [1.54, 1.807) is 31.5 Å². The first-order chi connectivity index (χ1) is 18.7. The van der Waals surface area contributed by atoms with Gasteiger partial charge in [-0.3, -0.25) is 9.78 Å². The molecular weight excluding hydrogens is 515 g/mol. The molecule has 0 spiro atoms. The zero-order valence-electron chi connectivity index (χ0n) is 22.1. The molecule has 0 saturated carbocycles. The third-order valence-electron chi connectivity index (χ3n) is 6.54. The molecule has 39 heavy (non-hydrogen) atoms. The van der Waals surface area contributed by atoms with E-state index in [4.69, 9.17) is 21.4 Å². The van der Waals surface area contributed by atoms with Crippen molar-refractivity contribution < 1.29 is 18.3 Å². The number of aromatic nitrogens is 1. The van der Waals surface area contributed by atoms with E-state index in [0.29, 0.717) is 28.1 Å². The van der Waals surface area contributed by atoms with Crippen LogP contribution in [-0.2, 0) is 4.79 Å². The van der Waals surface area contributed by atoms with Crippen molar-refractivity contribution >= 4 is 34.6 Å². The van der Waals surface area contributed by atoms with E-state index in [2.05, 4.69) is 15.6 Å². The maximum atomic E-state index is 13.5. The number of pyridine rings is 1. The molecule has 2 aromatic carbocycles. The second kappa shape index (κ2) is 10.5. The van der Waals surface area contributed by atoms with Crippen LogP contribution in [0, 0.1) is 11.2 Å². The van der Waals surface area contributed by atoms with E-state index in [1.807, 2.05) is 68.1 Å². The lowest BCUT2D eigenvalue weighted by Crippen LogP contribution is -2.30. The highest BCUT2D eigenvalue weighted by molar-refractivity contribution is 7.80. The third-order valence-corrected chi connectivity index (χ3v) is 6.85. The number of carbonyl (C=O) groups excluding carboxylic acids is 1. The van der Waals surface area contributed by atoms with E-state index in [9.17, 15) is 9.18 Å². The van der Waals surface area contributed by atoms with Crippen LogP contribution in [0.5, 0.6) is 5.75 Å². The van der Waals surface area contributed by atoms with Crippen LogP contribution < -0.4 is 20.3 Å². The SMILES string of the molecule is COc1cc(N2C(=S)N[C@@H](c3ccccn3)[C@@H]2c2ccc(-c3ccc(F)cc3)o2)ccc1NC(=O)C(C)(C)C. The van der Waals surface area contributed by atoms with Crippen molar-refractivity contribution in [1.82, 2.24) is 10.3 Å². The number of hydrogen-bond acceptors (Lipinski definition) is 5. The van der Waals surface area contributed by atoms with Crippen LogP contribution in [0.15, 0.2) is 83.4 Å². The van der Waals surface area contributed by atoms with Crippen LogP contribution in [-0.4, -0.2) is 23.1 Å². The Balaban J connectivity index is 1.55. The van der Waals surface area contributed by atoms with Gasteiger partial charge in [-0.05, 0) is 72.9 Å². The number of methoxy groups -OCH3 is 1. The van der Waals surface area contributed by atoms with Crippen molar-refractivity contribution in [3.63, 3.8) is 0 Å². The van der Waals surface area contributed by atoms with Crippen LogP contribution in [0.2, 0.25) is 0 Å². The van der Waals surface area contributed by atoms with Gasteiger partial charge in [0.25, 0.3) is 0 Å². The molecule has 1 saturated heterocycles. The first-order valence-electron chi connectivity index (χ1n) is 12.5. The summed E-state index contributed by atoms with van der Waals surface area (Å²) in [5.41, 5.74) is 2.31. The zero-order chi connectivity index (χ0) is 27.7. The average molecular weight is 545 g/mol. The van der Waals surface area contributed by atoms with Gasteiger partial charge >= 0.3 is 0 Å². The molecule has 9 heteroatoms. The number of anilines is 2. The van der Waals surface area contributed by atoms with Gasteiger partial charge in [0.2, 0.25) is 5.91 Å². The fourth-order valence-corrected chi connectivity index (χ4v) is 4.79. The number of thiocarbonyl (C=S) groups is 1. The topological polar surface area (TPSA) is 79.6 Å². The van der Waals surface area contributed by atoms with Crippen molar-refractivity contribution in [3.05, 3.63) is 96.3 Å². The van der Waals surface area contributed by atoms with Crippen LogP contribution in [0.3, 0.4) is 0 Å². The Morgan fingerprint density at radius 3 is 2.54 bits per heavy atom. The number of rotatable bonds is 6. The lowest BCUT2D eigenvalue weighted by Gasteiger charge is -2.27. The smallest absolute Gasteiger partial charge is 0.229 e. The summed E-state index contributed by atoms with van der Waals surface area (Å²) in [5, 5.41) is 6.84. The number of hydrogen-bond donors (Lipinski definition) is 2. The van der Waals surface area contributed by atoms with Crippen molar-refractivity contribution in [2.75, 3.05) is 17.3 Å². The Morgan fingerprint density at radius 2 is 1.87 bits per heavy atom. The summed E-state index contributed by atoms with van der Waals surface area (Å²) in [6.45, 7) is 5.55. The Labute approximate surface area is 232 Å². The second-order valence-electron chi connectivity index (χ2n) is 10.3. The van der Waals surface area contributed by atoms with Gasteiger partial charge < -0.3 is 24.7 Å². The normalized spacial score (nSPS) is 17.2. The number of nitrogens with zero attached hydrogens (tertiary/aromatic N) is 2. The molecule has 0 radical (unpaired) electrons. The number of furan rings is 1. The van der Waals surface area contributed by atoms with Crippen LogP contribution in [0.1, 0.15) is 44.3 Å². The van der Waals surface area contributed by atoms with Gasteiger partial charge in [-0.15, -0.1) is 0 Å². The number of ether oxygens (including phenoxy) is 1. The molecule has 0 bridgehead atoms. The summed E-state index contributed by atoms with van der Waals surface area (Å²) >= 11 is 5.82. The number of amides is 1. The molecule has 1 aliphatic rings. The summed E-state index contributed by atoms with van der Waals surface area (Å²) in [5.74, 6) is 1.33. The monoisotopic (exact) mass is 544 g/mol. The average Bonchev–Trinajstić information content (AvgIpc) is 3.54. The van der Waals surface area contributed by atoms with Gasteiger partial charge in [-0.1, -0.05) is 26.8 Å². The molecule has 200 valence electrons. The molecule has 1 aliphatic heterocycles. The molecule has 0 unspecified atom stereocenters. The first kappa shape index (κ1) is 26.4. The molecule has 1 amide bonds. The zero-order valence-corrected chi connectivity index (χ0v) is 22.9. The molecule has 7 nitrogen and oxygen atoms in total.